The van der Waals surface area contributed by atoms with Crippen LogP contribution in [-0.4, -0.2) is 32.3 Å². The standard InChI is InChI=1S/C43H28Cl2N2O9/c1-19-2-7-27-32(12-19)55-33-14-21(46)4-9-28(33)37(27)39-38(43(53)54)31(44)17-30(40(39)45)41(50)47-18-20-3-8-24(29(13-20)42(51)52)36-25-10-5-22(48)15-34(25)56-35-16-23(49)6-11-26(35)36/h2-17,42,48,51-52H,1,18,46H2,(H,47,50)(H,53,54). The molecule has 8 rings (SSSR count). The zero-order chi connectivity index (χ0) is 39.6. The predicted molar refractivity (Wildman–Crippen MR) is 212 cm³/mol. The van der Waals surface area contributed by atoms with Gasteiger partial charge in [-0.15, -0.1) is 0 Å². The highest BCUT2D eigenvalue weighted by molar-refractivity contribution is 6.40. The predicted octanol–water partition coefficient (Wildman–Crippen LogP) is 6.53. The monoisotopic (exact) mass is 786 g/mol. The second kappa shape index (κ2) is 13.9. The lowest BCUT2D eigenvalue weighted by molar-refractivity contribution is -0.0420. The average Bonchev–Trinajstić information content (AvgIpc) is 3.15. The van der Waals surface area contributed by atoms with Crippen molar-refractivity contribution >= 4 is 63.9 Å². The van der Waals surface area contributed by atoms with E-state index in [2.05, 4.69) is 11.9 Å². The Hall–Kier alpha value is -6.63. The number of fused-ring (bicyclic) bond motifs is 4. The molecule has 13 heteroatoms. The van der Waals surface area contributed by atoms with Gasteiger partial charge < -0.3 is 40.6 Å². The molecule has 0 spiro atoms. The van der Waals surface area contributed by atoms with E-state index in [1.54, 1.807) is 60.7 Å². The first-order valence-corrected chi connectivity index (χ1v) is 17.7. The molecular weight excluding hydrogens is 759 g/mol. The quantitative estimate of drug-likeness (QED) is 0.0588. The third-order valence-electron chi connectivity index (χ3n) is 9.53. The van der Waals surface area contributed by atoms with Crippen molar-refractivity contribution in [2.45, 2.75) is 12.8 Å². The van der Waals surface area contributed by atoms with Gasteiger partial charge in [0.2, 0.25) is 0 Å². The average molecular weight is 788 g/mol. The number of benzene rings is 6. The lowest BCUT2D eigenvalue weighted by atomic mass is 9.88. The number of halogens is 2. The normalized spacial score (nSPS) is 12.1. The van der Waals surface area contributed by atoms with Gasteiger partial charge in [0.1, 0.15) is 28.6 Å². The minimum atomic E-state index is -1.96. The number of aliphatic hydroxyl groups is 2. The van der Waals surface area contributed by atoms with Gasteiger partial charge in [-0.1, -0.05) is 54.0 Å². The van der Waals surface area contributed by atoms with Crippen LogP contribution in [0.5, 0.6) is 17.2 Å². The number of ether oxygens (including phenoxy) is 1. The smallest absolute Gasteiger partial charge is 0.337 e. The van der Waals surface area contributed by atoms with E-state index in [9.17, 15) is 34.8 Å². The van der Waals surface area contributed by atoms with Crippen LogP contribution in [0.4, 0.5) is 5.69 Å². The number of nitrogens with two attached hydrogens (primary N) is 1. The van der Waals surface area contributed by atoms with E-state index in [1.807, 2.05) is 0 Å². The minimum Gasteiger partial charge on any atom is -0.508 e. The van der Waals surface area contributed by atoms with Crippen LogP contribution in [0.2, 0.25) is 10.0 Å². The maximum Gasteiger partial charge on any atom is 0.337 e. The molecule has 1 amide bonds. The van der Waals surface area contributed by atoms with E-state index < -0.39 is 18.2 Å². The van der Waals surface area contributed by atoms with Crippen molar-refractivity contribution in [3.8, 4) is 39.7 Å². The molecule has 7 N–H and O–H groups in total. The number of aromatic hydroxyl groups is 1. The number of nitrogens with one attached hydrogen (secondary N) is 1. The fourth-order valence-corrected chi connectivity index (χ4v) is 7.66. The number of carboxylic acid groups (broad SMARTS) is 1. The summed E-state index contributed by atoms with van der Waals surface area (Å²) in [6, 6.07) is 24.8. The van der Waals surface area contributed by atoms with Crippen LogP contribution in [0, 0.1) is 0 Å². The zero-order valence-corrected chi connectivity index (χ0v) is 30.4. The number of hydrogen-bond donors (Lipinski definition) is 6. The third-order valence-corrected chi connectivity index (χ3v) is 10.2. The summed E-state index contributed by atoms with van der Waals surface area (Å²) in [5.41, 5.74) is 8.78. The molecule has 0 unspecified atom stereocenters. The molecule has 5 aromatic carbocycles. The summed E-state index contributed by atoms with van der Waals surface area (Å²) in [7, 11) is 0. The van der Waals surface area contributed by atoms with Crippen molar-refractivity contribution in [1.82, 2.24) is 5.32 Å². The summed E-state index contributed by atoms with van der Waals surface area (Å²) < 4.78 is 12.1. The summed E-state index contributed by atoms with van der Waals surface area (Å²) in [5, 5.41) is 45.7. The van der Waals surface area contributed by atoms with E-state index in [4.69, 9.17) is 38.1 Å². The molecule has 0 fully saturated rings. The second-order valence-electron chi connectivity index (χ2n) is 13.1. The molecule has 56 heavy (non-hydrogen) atoms. The van der Waals surface area contributed by atoms with Crippen molar-refractivity contribution in [3.05, 3.63) is 161 Å². The van der Waals surface area contributed by atoms with Crippen LogP contribution < -0.4 is 31.7 Å². The van der Waals surface area contributed by atoms with E-state index in [0.717, 1.165) is 0 Å². The first-order valence-electron chi connectivity index (χ1n) is 16.9. The van der Waals surface area contributed by atoms with Gasteiger partial charge in [0.15, 0.2) is 11.7 Å². The fourth-order valence-electron chi connectivity index (χ4n) is 7.05. The highest BCUT2D eigenvalue weighted by Gasteiger charge is 2.31. The van der Waals surface area contributed by atoms with Gasteiger partial charge >= 0.3 is 5.97 Å². The van der Waals surface area contributed by atoms with Gasteiger partial charge in [-0.2, -0.15) is 0 Å². The highest BCUT2D eigenvalue weighted by Crippen LogP contribution is 2.45. The van der Waals surface area contributed by atoms with Gasteiger partial charge in [0.25, 0.3) is 5.91 Å². The number of nitrogen functional groups attached to an aromatic ring is 1. The molecule has 0 radical (unpaired) electrons. The topological polar surface area (TPSA) is 193 Å². The molecule has 3 aliphatic rings. The molecule has 0 aromatic heterocycles. The van der Waals surface area contributed by atoms with Crippen LogP contribution in [0.15, 0.2) is 106 Å². The molecule has 0 saturated heterocycles. The zero-order valence-electron chi connectivity index (χ0n) is 28.9. The number of phenolic OH excluding ortho intramolecular Hbond substituents is 1. The Bertz CT molecular complexity index is 2980. The Morgan fingerprint density at radius 3 is 2.38 bits per heavy atom. The van der Waals surface area contributed by atoms with E-state index in [0.29, 0.717) is 66.4 Å². The van der Waals surface area contributed by atoms with E-state index in [1.165, 1.54) is 36.4 Å². The third kappa shape index (κ3) is 6.28. The Kier molecular flexibility index (Phi) is 9.02. The summed E-state index contributed by atoms with van der Waals surface area (Å²) >= 11 is 13.6. The molecular formula is C43H28Cl2N2O9. The number of anilines is 1. The van der Waals surface area contributed by atoms with Gasteiger partial charge in [0, 0.05) is 74.4 Å². The Morgan fingerprint density at radius 2 is 1.61 bits per heavy atom. The van der Waals surface area contributed by atoms with Crippen LogP contribution in [0.1, 0.15) is 49.3 Å². The number of aromatic carboxylic acids is 1. The van der Waals surface area contributed by atoms with Gasteiger partial charge in [-0.25, -0.2) is 4.79 Å². The lowest BCUT2D eigenvalue weighted by Crippen LogP contribution is -2.25. The molecule has 0 saturated carbocycles. The van der Waals surface area contributed by atoms with Gasteiger partial charge in [0.05, 0.1) is 21.2 Å². The van der Waals surface area contributed by atoms with Crippen molar-refractivity contribution in [1.29, 1.82) is 0 Å². The summed E-state index contributed by atoms with van der Waals surface area (Å²) in [4.78, 5) is 38.9. The molecule has 11 nitrogen and oxygen atoms in total. The number of amides is 1. The molecule has 1 aliphatic carbocycles. The first kappa shape index (κ1) is 36.4. The number of carbonyl (C=O) groups excluding carboxylic acids is 1. The van der Waals surface area contributed by atoms with Crippen molar-refractivity contribution in [3.63, 3.8) is 0 Å². The summed E-state index contributed by atoms with van der Waals surface area (Å²) in [5.74, 6) is -1.21. The summed E-state index contributed by atoms with van der Waals surface area (Å²) in [6.07, 6.45) is -1.96. The lowest BCUT2D eigenvalue weighted by Gasteiger charge is -2.24. The van der Waals surface area contributed by atoms with Gasteiger partial charge in [-0.3, -0.25) is 9.59 Å². The minimum absolute atomic E-state index is 0.00860. The number of rotatable bonds is 7. The SMILES string of the molecule is C=c1ccc2c(c1)Oc1cc(N)ccc1C=2c1c(Cl)c(C(=O)NCc2ccc(-c3c4ccc(=O)cc-4oc4cc(O)ccc34)c(C(O)O)c2)cc(Cl)c1C(=O)O. The van der Waals surface area contributed by atoms with Crippen molar-refractivity contribution < 1.29 is 39.2 Å². The fraction of sp³-hybridized carbons (Fsp3) is 0.0465. The molecule has 278 valence electrons. The number of aliphatic hydroxyl groups excluding tert-OH is 1. The highest BCUT2D eigenvalue weighted by atomic mass is 35.5. The Labute approximate surface area is 326 Å². The van der Waals surface area contributed by atoms with Crippen molar-refractivity contribution in [2.75, 3.05) is 5.73 Å². The maximum absolute atomic E-state index is 13.9. The molecule has 2 heterocycles. The van der Waals surface area contributed by atoms with E-state index >= 15 is 0 Å². The molecule has 0 bridgehead atoms. The van der Waals surface area contributed by atoms with Crippen molar-refractivity contribution in [2.24, 2.45) is 0 Å². The van der Waals surface area contributed by atoms with E-state index in [-0.39, 0.29) is 61.4 Å². The first-order chi connectivity index (χ1) is 26.8. The van der Waals surface area contributed by atoms with Crippen LogP contribution in [0.25, 0.3) is 45.6 Å². The second-order valence-corrected chi connectivity index (χ2v) is 13.9. The molecule has 0 atom stereocenters. The summed E-state index contributed by atoms with van der Waals surface area (Å²) in [6.45, 7) is 3.85. The maximum atomic E-state index is 13.9. The number of carbonyl (C=O) groups is 2. The van der Waals surface area contributed by atoms with Gasteiger partial charge in [-0.05, 0) is 70.9 Å². The Balaban J connectivity index is 1.20. The van der Waals surface area contributed by atoms with Crippen LogP contribution >= 0.6 is 23.2 Å². The van der Waals surface area contributed by atoms with Crippen LogP contribution in [0.3, 0.4) is 0 Å². The largest absolute Gasteiger partial charge is 0.508 e. The number of carboxylic acids is 1. The Morgan fingerprint density at radius 1 is 0.839 bits per heavy atom. The number of hydrogen-bond acceptors (Lipinski definition) is 9. The molecule has 2 aliphatic heterocycles. The van der Waals surface area contributed by atoms with Crippen LogP contribution in [-0.2, 0) is 6.54 Å². The molecule has 5 aromatic rings. The number of phenols is 1.